The van der Waals surface area contributed by atoms with Crippen LogP contribution in [0.5, 0.6) is 0 Å². The lowest BCUT2D eigenvalue weighted by Crippen LogP contribution is -2.58. The van der Waals surface area contributed by atoms with Gasteiger partial charge in [0.2, 0.25) is 15.9 Å². The van der Waals surface area contributed by atoms with Gasteiger partial charge in [0.25, 0.3) is 0 Å². The predicted octanol–water partition coefficient (Wildman–Crippen LogP) is 3.08. The van der Waals surface area contributed by atoms with Gasteiger partial charge in [-0.2, -0.15) is 4.31 Å². The molecule has 2 rings (SSSR count). The first-order valence-corrected chi connectivity index (χ1v) is 11.3. The van der Waals surface area contributed by atoms with Crippen LogP contribution >= 0.6 is 0 Å². The fraction of sp³-hybridized carbons (Fsp3) is 0.524. The van der Waals surface area contributed by atoms with Gasteiger partial charge in [-0.15, -0.1) is 0 Å². The van der Waals surface area contributed by atoms with Gasteiger partial charge in [-0.25, -0.2) is 13.2 Å². The average Bonchev–Trinajstić information content (AvgIpc) is 2.66. The second-order valence-electron chi connectivity index (χ2n) is 8.57. The Kier molecular flexibility index (Phi) is 7.31. The quantitative estimate of drug-likeness (QED) is 0.714. The maximum Gasteiger partial charge on any atom is 0.410 e. The maximum atomic E-state index is 13.1. The number of nitrogens with one attached hydrogen (secondary N) is 1. The Morgan fingerprint density at radius 3 is 2.30 bits per heavy atom. The molecular weight excluding hydrogens is 406 g/mol. The van der Waals surface area contributed by atoms with E-state index in [1.807, 2.05) is 13.8 Å². The van der Waals surface area contributed by atoms with E-state index in [1.165, 1.54) is 28.6 Å². The van der Waals surface area contributed by atoms with Crippen LogP contribution < -0.4 is 5.32 Å². The summed E-state index contributed by atoms with van der Waals surface area (Å²) in [4.78, 5) is 25.7. The summed E-state index contributed by atoms with van der Waals surface area (Å²) in [5.41, 5.74) is -0.140. The molecule has 1 saturated heterocycles. The molecule has 1 fully saturated rings. The molecule has 0 bridgehead atoms. The highest BCUT2D eigenvalue weighted by molar-refractivity contribution is 7.89. The van der Waals surface area contributed by atoms with Crippen molar-refractivity contribution in [1.29, 1.82) is 0 Å². The number of anilines is 1. The molecule has 1 atom stereocenters. The third kappa shape index (κ3) is 5.82. The zero-order valence-electron chi connectivity index (χ0n) is 18.2. The molecular formula is C21H31N3O5S. The zero-order valence-corrected chi connectivity index (χ0v) is 19.0. The number of carbonyl (C=O) groups excluding carboxylic acids is 2. The number of ether oxygens (including phenoxy) is 1. The predicted molar refractivity (Wildman–Crippen MR) is 116 cm³/mol. The molecule has 9 heteroatoms. The summed E-state index contributed by atoms with van der Waals surface area (Å²) in [6.07, 6.45) is 0.710. The van der Waals surface area contributed by atoms with Crippen molar-refractivity contribution in [3.8, 4) is 0 Å². The van der Waals surface area contributed by atoms with Gasteiger partial charge in [-0.05, 0) is 57.0 Å². The zero-order chi connectivity index (χ0) is 22.7. The first-order chi connectivity index (χ1) is 13.8. The number of amides is 2. The molecule has 1 aliphatic heterocycles. The molecule has 8 nitrogen and oxygen atoms in total. The largest absolute Gasteiger partial charge is 0.444 e. The molecule has 0 spiro atoms. The summed E-state index contributed by atoms with van der Waals surface area (Å²) in [6.45, 7) is 13.3. The molecule has 0 aromatic heterocycles. The van der Waals surface area contributed by atoms with Crippen molar-refractivity contribution in [1.82, 2.24) is 9.21 Å². The van der Waals surface area contributed by atoms with Crippen molar-refractivity contribution in [2.75, 3.05) is 25.0 Å². The summed E-state index contributed by atoms with van der Waals surface area (Å²) in [5.74, 6) is -0.323. The van der Waals surface area contributed by atoms with Crippen LogP contribution in [-0.4, -0.2) is 60.9 Å². The highest BCUT2D eigenvalue weighted by atomic mass is 32.2. The Labute approximate surface area is 178 Å². The first kappa shape index (κ1) is 23.9. The highest BCUT2D eigenvalue weighted by Gasteiger charge is 2.39. The molecule has 0 aliphatic carbocycles. The molecule has 1 aromatic carbocycles. The van der Waals surface area contributed by atoms with Crippen LogP contribution in [-0.2, 0) is 19.6 Å². The molecule has 1 aliphatic rings. The average molecular weight is 438 g/mol. The molecule has 1 N–H and O–H groups in total. The van der Waals surface area contributed by atoms with Crippen molar-refractivity contribution in [3.05, 3.63) is 36.9 Å². The standard InChI is InChI=1S/C21H31N3O5S/c1-7-19(25)22-16-8-10-17(11-9-16)30(27,28)23-12-13-24(18(14-23)15(2)3)20(26)29-21(4,5)6/h7-11,15,18H,1,12-14H2,2-6H3,(H,22,25). The first-order valence-electron chi connectivity index (χ1n) is 9.88. The molecule has 0 radical (unpaired) electrons. The minimum absolute atomic E-state index is 0.0482. The van der Waals surface area contributed by atoms with Gasteiger partial charge in [-0.3, -0.25) is 4.79 Å². The second-order valence-corrected chi connectivity index (χ2v) is 10.5. The van der Waals surface area contributed by atoms with Gasteiger partial charge in [0, 0.05) is 25.3 Å². The summed E-state index contributed by atoms with van der Waals surface area (Å²) < 4.78 is 33.2. The lowest BCUT2D eigenvalue weighted by molar-refractivity contribution is -0.111. The molecule has 1 heterocycles. The Hall–Kier alpha value is -2.39. The van der Waals surface area contributed by atoms with Gasteiger partial charge < -0.3 is 15.0 Å². The minimum atomic E-state index is -3.74. The number of benzene rings is 1. The second kappa shape index (κ2) is 9.18. The van der Waals surface area contributed by atoms with E-state index in [0.29, 0.717) is 5.69 Å². The van der Waals surface area contributed by atoms with Gasteiger partial charge >= 0.3 is 6.09 Å². The van der Waals surface area contributed by atoms with Crippen LogP contribution in [0.15, 0.2) is 41.8 Å². The van der Waals surface area contributed by atoms with Gasteiger partial charge in [-0.1, -0.05) is 20.4 Å². The van der Waals surface area contributed by atoms with Crippen molar-refractivity contribution < 1.29 is 22.7 Å². The number of rotatable bonds is 5. The number of sulfonamides is 1. The molecule has 166 valence electrons. The fourth-order valence-corrected chi connectivity index (χ4v) is 4.62. The van der Waals surface area contributed by atoms with E-state index >= 15 is 0 Å². The number of carbonyl (C=O) groups is 2. The van der Waals surface area contributed by atoms with Crippen molar-refractivity contribution in [2.45, 2.75) is 51.2 Å². The van der Waals surface area contributed by atoms with Crippen molar-refractivity contribution in [3.63, 3.8) is 0 Å². The fourth-order valence-electron chi connectivity index (χ4n) is 3.17. The van der Waals surface area contributed by atoms with E-state index in [2.05, 4.69) is 11.9 Å². The lowest BCUT2D eigenvalue weighted by Gasteiger charge is -2.42. The van der Waals surface area contributed by atoms with E-state index in [1.54, 1.807) is 25.7 Å². The molecule has 30 heavy (non-hydrogen) atoms. The van der Waals surface area contributed by atoms with Crippen molar-refractivity contribution in [2.24, 2.45) is 5.92 Å². The number of nitrogens with zero attached hydrogens (tertiary/aromatic N) is 2. The number of hydrogen-bond acceptors (Lipinski definition) is 5. The van der Waals surface area contributed by atoms with E-state index in [9.17, 15) is 18.0 Å². The lowest BCUT2D eigenvalue weighted by atomic mass is 10.0. The van der Waals surface area contributed by atoms with Crippen LogP contribution in [0.2, 0.25) is 0 Å². The van der Waals surface area contributed by atoms with Gasteiger partial charge in [0.05, 0.1) is 10.9 Å². The number of hydrogen-bond donors (Lipinski definition) is 1. The SMILES string of the molecule is C=CC(=O)Nc1ccc(S(=O)(=O)N2CCN(C(=O)OC(C)(C)C)C(C(C)C)C2)cc1. The van der Waals surface area contributed by atoms with E-state index in [4.69, 9.17) is 4.74 Å². The molecule has 1 unspecified atom stereocenters. The third-order valence-electron chi connectivity index (χ3n) is 4.72. The van der Waals surface area contributed by atoms with E-state index in [-0.39, 0.29) is 42.4 Å². The maximum absolute atomic E-state index is 13.1. The third-order valence-corrected chi connectivity index (χ3v) is 6.60. The Balaban J connectivity index is 2.18. The van der Waals surface area contributed by atoms with Crippen LogP contribution in [0.4, 0.5) is 10.5 Å². The van der Waals surface area contributed by atoms with Gasteiger partial charge in [0.1, 0.15) is 5.60 Å². The Morgan fingerprint density at radius 1 is 1.20 bits per heavy atom. The van der Waals surface area contributed by atoms with E-state index < -0.39 is 21.7 Å². The monoisotopic (exact) mass is 437 g/mol. The highest BCUT2D eigenvalue weighted by Crippen LogP contribution is 2.25. The molecule has 1 aromatic rings. The summed E-state index contributed by atoms with van der Waals surface area (Å²) in [7, 11) is -3.74. The molecule has 2 amide bonds. The van der Waals surface area contributed by atoms with Crippen LogP contribution in [0.1, 0.15) is 34.6 Å². The van der Waals surface area contributed by atoms with E-state index in [0.717, 1.165) is 6.08 Å². The van der Waals surface area contributed by atoms with Crippen molar-refractivity contribution >= 4 is 27.7 Å². The summed E-state index contributed by atoms with van der Waals surface area (Å²) >= 11 is 0. The smallest absolute Gasteiger partial charge is 0.410 e. The Morgan fingerprint density at radius 2 is 1.80 bits per heavy atom. The molecule has 0 saturated carbocycles. The van der Waals surface area contributed by atoms with Gasteiger partial charge in [0.15, 0.2) is 0 Å². The van der Waals surface area contributed by atoms with Crippen LogP contribution in [0, 0.1) is 5.92 Å². The minimum Gasteiger partial charge on any atom is -0.444 e. The summed E-state index contributed by atoms with van der Waals surface area (Å²) in [5, 5.41) is 2.59. The summed E-state index contributed by atoms with van der Waals surface area (Å²) in [6, 6.07) is 5.68. The topological polar surface area (TPSA) is 96.0 Å². The van der Waals surface area contributed by atoms with Crippen LogP contribution in [0.3, 0.4) is 0 Å². The Bertz CT molecular complexity index is 888. The normalized spacial score (nSPS) is 18.2. The van der Waals surface area contributed by atoms with Crippen LogP contribution in [0.25, 0.3) is 0 Å². The number of piperazine rings is 1.